The Labute approximate surface area is 171 Å². The van der Waals surface area contributed by atoms with E-state index in [4.69, 9.17) is 0 Å². The van der Waals surface area contributed by atoms with Gasteiger partial charge in [-0.25, -0.2) is 8.42 Å². The van der Waals surface area contributed by atoms with Crippen LogP contribution in [0.4, 0.5) is 11.4 Å². The molecule has 0 saturated carbocycles. The molecule has 2 aromatic rings. The molecule has 0 spiro atoms. The summed E-state index contributed by atoms with van der Waals surface area (Å²) in [4.78, 5) is 14.9. The Hall–Kier alpha value is -1.99. The first kappa shape index (κ1) is 20.7. The number of hydrogen-bond donors (Lipinski definition) is 1. The van der Waals surface area contributed by atoms with Gasteiger partial charge in [0, 0.05) is 23.6 Å². The number of aryl methyl sites for hydroxylation is 3. The van der Waals surface area contributed by atoms with Crippen LogP contribution in [0, 0.1) is 20.8 Å². The number of hydrogen-bond acceptors (Lipinski definition) is 4. The smallest absolute Gasteiger partial charge is 0.261 e. The average molecular weight is 419 g/mol. The number of rotatable bonds is 3. The van der Waals surface area contributed by atoms with Crippen LogP contribution in [0.15, 0.2) is 40.1 Å². The van der Waals surface area contributed by atoms with E-state index in [0.717, 1.165) is 28.0 Å². The van der Waals surface area contributed by atoms with E-state index in [0.29, 0.717) is 23.2 Å². The number of carbonyl (C=O) groups is 1. The molecular weight excluding hydrogens is 392 g/mol. The molecule has 0 saturated heterocycles. The zero-order valence-electron chi connectivity index (χ0n) is 16.9. The normalized spacial score (nSPS) is 17.0. The third-order valence-electron chi connectivity index (χ3n) is 4.91. The fraction of sp³-hybridized carbons (Fsp3) is 0.381. The third kappa shape index (κ3) is 4.20. The average Bonchev–Trinajstić information content (AvgIpc) is 2.75. The molecule has 3 rings (SSSR count). The zero-order chi connectivity index (χ0) is 20.6. The molecular formula is C21H26N2O3S2. The minimum absolute atomic E-state index is 0.0799. The molecule has 0 bridgehead atoms. The van der Waals surface area contributed by atoms with Crippen molar-refractivity contribution in [1.82, 2.24) is 0 Å². The molecule has 1 aliphatic rings. The topological polar surface area (TPSA) is 66.5 Å². The lowest BCUT2D eigenvalue weighted by Crippen LogP contribution is -2.30. The van der Waals surface area contributed by atoms with Gasteiger partial charge in [-0.2, -0.15) is 0 Å². The summed E-state index contributed by atoms with van der Waals surface area (Å²) >= 11 is 1.67. The molecule has 1 N–H and O–H groups in total. The molecule has 1 heterocycles. The summed E-state index contributed by atoms with van der Waals surface area (Å²) in [5.41, 5.74) is 4.12. The van der Waals surface area contributed by atoms with Crippen LogP contribution in [0.1, 0.15) is 37.0 Å². The number of nitrogens with one attached hydrogen (secondary N) is 1. The van der Waals surface area contributed by atoms with Crippen molar-refractivity contribution in [2.75, 3.05) is 16.2 Å². The van der Waals surface area contributed by atoms with Gasteiger partial charge in [0.1, 0.15) is 0 Å². The molecule has 1 amide bonds. The number of nitrogens with zero attached hydrogens (tertiary/aromatic N) is 1. The quantitative estimate of drug-likeness (QED) is 0.788. The van der Waals surface area contributed by atoms with Crippen LogP contribution in [0.3, 0.4) is 0 Å². The van der Waals surface area contributed by atoms with E-state index in [1.165, 1.54) is 6.92 Å². The highest BCUT2D eigenvalue weighted by Crippen LogP contribution is 2.39. The number of anilines is 2. The Morgan fingerprint density at radius 1 is 1.14 bits per heavy atom. The Balaban J connectivity index is 2.03. The molecule has 28 heavy (non-hydrogen) atoms. The molecule has 0 aliphatic carbocycles. The van der Waals surface area contributed by atoms with Crippen molar-refractivity contribution in [2.24, 2.45) is 0 Å². The molecule has 2 aromatic carbocycles. The Morgan fingerprint density at radius 3 is 2.39 bits per heavy atom. The van der Waals surface area contributed by atoms with Gasteiger partial charge in [-0.05, 0) is 56.5 Å². The molecule has 150 valence electrons. The van der Waals surface area contributed by atoms with Gasteiger partial charge in [-0.15, -0.1) is 11.8 Å². The highest BCUT2D eigenvalue weighted by Gasteiger charge is 2.25. The minimum atomic E-state index is -3.78. The van der Waals surface area contributed by atoms with Gasteiger partial charge < -0.3 is 4.90 Å². The first-order chi connectivity index (χ1) is 13.1. The van der Waals surface area contributed by atoms with E-state index in [1.807, 2.05) is 32.9 Å². The summed E-state index contributed by atoms with van der Waals surface area (Å²) in [6.07, 6.45) is 0.862. The van der Waals surface area contributed by atoms with Crippen LogP contribution in [0.2, 0.25) is 0 Å². The van der Waals surface area contributed by atoms with Crippen LogP contribution >= 0.6 is 11.8 Å². The van der Waals surface area contributed by atoms with Crippen LogP contribution in [0.5, 0.6) is 0 Å². The fourth-order valence-electron chi connectivity index (χ4n) is 3.54. The van der Waals surface area contributed by atoms with E-state index in [1.54, 1.807) is 34.9 Å². The van der Waals surface area contributed by atoms with Gasteiger partial charge in [-0.3, -0.25) is 9.52 Å². The highest BCUT2D eigenvalue weighted by atomic mass is 32.2. The molecule has 7 heteroatoms. The van der Waals surface area contributed by atoms with Crippen molar-refractivity contribution in [1.29, 1.82) is 0 Å². The number of fused-ring (bicyclic) bond motifs is 1. The number of thioether (sulfide) groups is 1. The summed E-state index contributed by atoms with van der Waals surface area (Å²) in [6.45, 7) is 9.99. The minimum Gasteiger partial charge on any atom is -0.311 e. The van der Waals surface area contributed by atoms with Crippen LogP contribution in [-0.2, 0) is 14.8 Å². The second-order valence-electron chi connectivity index (χ2n) is 7.40. The maximum Gasteiger partial charge on any atom is 0.261 e. The second-order valence-corrected chi connectivity index (χ2v) is 10.6. The molecule has 0 unspecified atom stereocenters. The molecule has 0 fully saturated rings. The SMILES string of the molecule is CC(=O)N1CC[C@@H](C)Sc2ccc(S(=O)(=O)Nc3c(C)cc(C)cc3C)cc21. The lowest BCUT2D eigenvalue weighted by atomic mass is 10.1. The maximum atomic E-state index is 13.1. The monoisotopic (exact) mass is 418 g/mol. The van der Waals surface area contributed by atoms with Crippen molar-refractivity contribution in [3.63, 3.8) is 0 Å². The van der Waals surface area contributed by atoms with E-state index in [-0.39, 0.29) is 10.8 Å². The summed E-state index contributed by atoms with van der Waals surface area (Å²) in [5.74, 6) is -0.0799. The predicted molar refractivity (Wildman–Crippen MR) is 116 cm³/mol. The van der Waals surface area contributed by atoms with Crippen molar-refractivity contribution < 1.29 is 13.2 Å². The van der Waals surface area contributed by atoms with E-state index >= 15 is 0 Å². The van der Waals surface area contributed by atoms with Crippen molar-refractivity contribution >= 4 is 39.1 Å². The van der Waals surface area contributed by atoms with Gasteiger partial charge >= 0.3 is 0 Å². The Bertz CT molecular complexity index is 1010. The second kappa shape index (κ2) is 7.79. The van der Waals surface area contributed by atoms with Gasteiger partial charge in [0.15, 0.2) is 0 Å². The standard InChI is InChI=1S/C21H26N2O3S2/c1-13-10-14(2)21(15(3)11-13)22-28(25,26)18-6-7-20-19(12-18)23(17(5)24)9-8-16(4)27-20/h6-7,10-12,16,22H,8-9H2,1-5H3/t16-/m1/s1. The van der Waals surface area contributed by atoms with Gasteiger partial charge in [0.05, 0.1) is 16.3 Å². The van der Waals surface area contributed by atoms with Crippen molar-refractivity contribution in [2.45, 2.75) is 56.1 Å². The summed E-state index contributed by atoms with van der Waals surface area (Å²) in [6, 6.07) is 8.95. The summed E-state index contributed by atoms with van der Waals surface area (Å²) in [7, 11) is -3.78. The first-order valence-electron chi connectivity index (χ1n) is 9.28. The predicted octanol–water partition coefficient (Wildman–Crippen LogP) is 4.65. The number of benzene rings is 2. The number of sulfonamides is 1. The third-order valence-corrected chi connectivity index (χ3v) is 7.50. The van der Waals surface area contributed by atoms with E-state index in [9.17, 15) is 13.2 Å². The van der Waals surface area contributed by atoms with Gasteiger partial charge in [-0.1, -0.05) is 24.6 Å². The lowest BCUT2D eigenvalue weighted by Gasteiger charge is -2.22. The molecule has 1 aliphatic heterocycles. The molecule has 0 radical (unpaired) electrons. The van der Waals surface area contributed by atoms with Gasteiger partial charge in [0.2, 0.25) is 5.91 Å². The van der Waals surface area contributed by atoms with E-state index in [2.05, 4.69) is 11.6 Å². The Kier molecular flexibility index (Phi) is 5.77. The fourth-order valence-corrected chi connectivity index (χ4v) is 5.86. The number of amides is 1. The zero-order valence-corrected chi connectivity index (χ0v) is 18.5. The van der Waals surface area contributed by atoms with Gasteiger partial charge in [0.25, 0.3) is 10.0 Å². The van der Waals surface area contributed by atoms with Crippen molar-refractivity contribution in [3.8, 4) is 0 Å². The molecule has 5 nitrogen and oxygen atoms in total. The van der Waals surface area contributed by atoms with Crippen molar-refractivity contribution in [3.05, 3.63) is 47.0 Å². The molecule has 1 atom stereocenters. The Morgan fingerprint density at radius 2 is 1.79 bits per heavy atom. The largest absolute Gasteiger partial charge is 0.311 e. The summed E-state index contributed by atoms with van der Waals surface area (Å²) in [5, 5.41) is 0.363. The van der Waals surface area contributed by atoms with Crippen LogP contribution in [-0.4, -0.2) is 26.1 Å². The van der Waals surface area contributed by atoms with Crippen LogP contribution < -0.4 is 9.62 Å². The first-order valence-corrected chi connectivity index (χ1v) is 11.6. The lowest BCUT2D eigenvalue weighted by molar-refractivity contribution is -0.116. The maximum absolute atomic E-state index is 13.1. The molecule has 0 aromatic heterocycles. The summed E-state index contributed by atoms with van der Waals surface area (Å²) < 4.78 is 28.9. The van der Waals surface area contributed by atoms with E-state index < -0.39 is 10.0 Å². The van der Waals surface area contributed by atoms with Crippen LogP contribution in [0.25, 0.3) is 0 Å². The highest BCUT2D eigenvalue weighted by molar-refractivity contribution is 8.00. The number of carbonyl (C=O) groups excluding carboxylic acids is 1.